The fourth-order valence-electron chi connectivity index (χ4n) is 2.70. The highest BCUT2D eigenvalue weighted by Crippen LogP contribution is 2.28. The van der Waals surface area contributed by atoms with E-state index in [1.165, 1.54) is 36.0 Å². The number of hydrogen-bond acceptors (Lipinski definition) is 7. The number of aromatic nitrogens is 1. The van der Waals surface area contributed by atoms with Crippen LogP contribution in [-0.4, -0.2) is 37.8 Å². The van der Waals surface area contributed by atoms with Gasteiger partial charge in [-0.2, -0.15) is 0 Å². The van der Waals surface area contributed by atoms with E-state index in [-0.39, 0.29) is 5.69 Å². The zero-order valence-electron chi connectivity index (χ0n) is 14.3. The quantitative estimate of drug-likeness (QED) is 0.515. The molecule has 0 radical (unpaired) electrons. The van der Waals surface area contributed by atoms with Crippen LogP contribution in [-0.2, 0) is 4.79 Å². The largest absolute Gasteiger partial charge is 0.480 e. The van der Waals surface area contributed by atoms with Gasteiger partial charge in [-0.15, -0.1) is 11.8 Å². The molecule has 8 nitrogen and oxygen atoms in total. The highest BCUT2D eigenvalue weighted by Gasteiger charge is 2.25. The SMILES string of the molecule is O=C(O)[C@H]1CSC(c2ccc3cc(Oc4ccc([N+](=O)[O-])cc4)ccc3n2)=N1. The van der Waals surface area contributed by atoms with Gasteiger partial charge in [-0.1, -0.05) is 6.07 Å². The van der Waals surface area contributed by atoms with Crippen LogP contribution in [0.5, 0.6) is 11.5 Å². The molecule has 0 fully saturated rings. The minimum Gasteiger partial charge on any atom is -0.480 e. The highest BCUT2D eigenvalue weighted by atomic mass is 32.2. The summed E-state index contributed by atoms with van der Waals surface area (Å²) in [5, 5.41) is 21.2. The molecule has 0 saturated carbocycles. The predicted octanol–water partition coefficient (Wildman–Crippen LogP) is 3.88. The van der Waals surface area contributed by atoms with Crippen molar-refractivity contribution < 1.29 is 19.6 Å². The molecule has 1 N–H and O–H groups in total. The molecule has 0 bridgehead atoms. The number of fused-ring (bicyclic) bond motifs is 1. The molecule has 1 atom stereocenters. The van der Waals surface area contributed by atoms with E-state index in [4.69, 9.17) is 9.84 Å². The molecule has 2 aromatic carbocycles. The lowest BCUT2D eigenvalue weighted by atomic mass is 10.2. The molecule has 28 heavy (non-hydrogen) atoms. The number of hydrogen-bond donors (Lipinski definition) is 1. The Balaban J connectivity index is 1.56. The Labute approximate surface area is 163 Å². The number of carbonyl (C=O) groups is 1. The average Bonchev–Trinajstić information content (AvgIpc) is 3.18. The molecule has 0 unspecified atom stereocenters. The van der Waals surface area contributed by atoms with E-state index in [0.717, 1.165) is 10.9 Å². The summed E-state index contributed by atoms with van der Waals surface area (Å²) in [5.41, 5.74) is 1.38. The number of carboxylic acid groups (broad SMARTS) is 1. The van der Waals surface area contributed by atoms with Gasteiger partial charge in [-0.25, -0.2) is 9.78 Å². The van der Waals surface area contributed by atoms with Crippen LogP contribution < -0.4 is 4.74 Å². The lowest BCUT2D eigenvalue weighted by molar-refractivity contribution is -0.384. The lowest BCUT2D eigenvalue weighted by Crippen LogP contribution is -2.17. The zero-order valence-corrected chi connectivity index (χ0v) is 15.1. The van der Waals surface area contributed by atoms with Crippen molar-refractivity contribution in [2.24, 2.45) is 4.99 Å². The molecule has 9 heteroatoms. The van der Waals surface area contributed by atoms with Gasteiger partial charge in [0.15, 0.2) is 6.04 Å². The van der Waals surface area contributed by atoms with Gasteiger partial charge in [0.1, 0.15) is 16.5 Å². The fraction of sp³-hybridized carbons (Fsp3) is 0.105. The molecule has 2 heterocycles. The number of nitro benzene ring substituents is 1. The number of thioether (sulfide) groups is 1. The summed E-state index contributed by atoms with van der Waals surface area (Å²) in [6.07, 6.45) is 0. The van der Waals surface area contributed by atoms with Crippen LogP contribution in [0.2, 0.25) is 0 Å². The Morgan fingerprint density at radius 2 is 1.89 bits per heavy atom. The molecule has 4 rings (SSSR count). The average molecular weight is 395 g/mol. The van der Waals surface area contributed by atoms with Gasteiger partial charge in [-0.05, 0) is 36.4 Å². The molecular formula is C19H13N3O5S. The minimum absolute atomic E-state index is 0.000393. The summed E-state index contributed by atoms with van der Waals surface area (Å²) in [7, 11) is 0. The fourth-order valence-corrected chi connectivity index (χ4v) is 3.69. The van der Waals surface area contributed by atoms with E-state index < -0.39 is 16.9 Å². The maximum atomic E-state index is 11.0. The van der Waals surface area contributed by atoms with Gasteiger partial charge in [0.25, 0.3) is 5.69 Å². The second kappa shape index (κ2) is 7.28. The zero-order chi connectivity index (χ0) is 19.7. The maximum absolute atomic E-state index is 11.0. The van der Waals surface area contributed by atoms with Crippen LogP contribution in [0.1, 0.15) is 5.69 Å². The van der Waals surface area contributed by atoms with Crippen molar-refractivity contribution >= 4 is 39.4 Å². The number of ether oxygens (including phenoxy) is 1. The van der Waals surface area contributed by atoms with E-state index in [2.05, 4.69) is 9.98 Å². The number of aliphatic carboxylic acids is 1. The third-order valence-electron chi connectivity index (χ3n) is 4.10. The summed E-state index contributed by atoms with van der Waals surface area (Å²) in [4.78, 5) is 30.0. The second-order valence-electron chi connectivity index (χ2n) is 6.00. The Bertz CT molecular complexity index is 1110. The highest BCUT2D eigenvalue weighted by molar-refractivity contribution is 8.14. The second-order valence-corrected chi connectivity index (χ2v) is 7.01. The van der Waals surface area contributed by atoms with E-state index in [0.29, 0.717) is 28.0 Å². The Morgan fingerprint density at radius 3 is 2.57 bits per heavy atom. The number of non-ortho nitro benzene ring substituents is 1. The van der Waals surface area contributed by atoms with Crippen molar-refractivity contribution in [2.75, 3.05) is 5.75 Å². The van der Waals surface area contributed by atoms with Gasteiger partial charge in [0.2, 0.25) is 0 Å². The predicted molar refractivity (Wildman–Crippen MR) is 105 cm³/mol. The van der Waals surface area contributed by atoms with Gasteiger partial charge in [0, 0.05) is 23.3 Å². The molecule has 3 aromatic rings. The first kappa shape index (κ1) is 17.9. The van der Waals surface area contributed by atoms with Gasteiger partial charge >= 0.3 is 5.97 Å². The number of nitrogens with zero attached hydrogens (tertiary/aromatic N) is 3. The Kier molecular flexibility index (Phi) is 4.66. The third-order valence-corrected chi connectivity index (χ3v) is 5.17. The standard InChI is InChI=1S/C19H13N3O5S/c23-19(24)17-10-28-18(21-17)16-7-1-11-9-14(6-8-15(11)20-16)27-13-4-2-12(3-5-13)22(25)26/h1-9,17H,10H2,(H,23,24)/t17-/m1/s1. The summed E-state index contributed by atoms with van der Waals surface area (Å²) >= 11 is 1.38. The summed E-state index contributed by atoms with van der Waals surface area (Å²) in [6.45, 7) is 0. The number of benzene rings is 2. The van der Waals surface area contributed by atoms with Crippen molar-refractivity contribution in [3.05, 3.63) is 70.4 Å². The molecular weight excluding hydrogens is 382 g/mol. The molecule has 1 aliphatic heterocycles. The lowest BCUT2D eigenvalue weighted by Gasteiger charge is -2.07. The van der Waals surface area contributed by atoms with Crippen molar-refractivity contribution in [2.45, 2.75) is 6.04 Å². The number of rotatable bonds is 5. The van der Waals surface area contributed by atoms with E-state index in [1.807, 2.05) is 12.1 Å². The molecule has 0 amide bonds. The molecule has 140 valence electrons. The summed E-state index contributed by atoms with van der Waals surface area (Å²) in [5.74, 6) is 0.545. The number of pyridine rings is 1. The Hall–Kier alpha value is -3.46. The van der Waals surface area contributed by atoms with Crippen molar-refractivity contribution in [3.63, 3.8) is 0 Å². The summed E-state index contributed by atoms with van der Waals surface area (Å²) in [6, 6.07) is 14.2. The topological polar surface area (TPSA) is 115 Å². The van der Waals surface area contributed by atoms with Crippen LogP contribution in [0.3, 0.4) is 0 Å². The van der Waals surface area contributed by atoms with Crippen LogP contribution in [0.15, 0.2) is 59.6 Å². The van der Waals surface area contributed by atoms with E-state index in [1.54, 1.807) is 18.2 Å². The third kappa shape index (κ3) is 3.65. The maximum Gasteiger partial charge on any atom is 0.329 e. The number of nitro groups is 1. The van der Waals surface area contributed by atoms with Crippen molar-refractivity contribution in [3.8, 4) is 11.5 Å². The molecule has 1 aromatic heterocycles. The number of carboxylic acids is 1. The van der Waals surface area contributed by atoms with Gasteiger partial charge in [-0.3, -0.25) is 15.1 Å². The van der Waals surface area contributed by atoms with Gasteiger partial charge < -0.3 is 9.84 Å². The van der Waals surface area contributed by atoms with E-state index >= 15 is 0 Å². The first-order chi connectivity index (χ1) is 13.5. The first-order valence-corrected chi connectivity index (χ1v) is 9.25. The van der Waals surface area contributed by atoms with Crippen molar-refractivity contribution in [1.29, 1.82) is 0 Å². The van der Waals surface area contributed by atoms with Crippen LogP contribution in [0, 0.1) is 10.1 Å². The molecule has 0 spiro atoms. The Morgan fingerprint density at radius 1 is 1.14 bits per heavy atom. The first-order valence-electron chi connectivity index (χ1n) is 8.26. The van der Waals surface area contributed by atoms with Crippen molar-refractivity contribution in [1.82, 2.24) is 4.98 Å². The molecule has 1 aliphatic rings. The molecule has 0 aliphatic carbocycles. The minimum atomic E-state index is -0.934. The van der Waals surface area contributed by atoms with Crippen LogP contribution in [0.4, 0.5) is 5.69 Å². The smallest absolute Gasteiger partial charge is 0.329 e. The normalized spacial score (nSPS) is 16.0. The van der Waals surface area contributed by atoms with Gasteiger partial charge in [0.05, 0.1) is 16.1 Å². The number of aliphatic imine (C=N–C) groups is 1. The van der Waals surface area contributed by atoms with Crippen LogP contribution >= 0.6 is 11.8 Å². The monoisotopic (exact) mass is 395 g/mol. The molecule has 0 saturated heterocycles. The summed E-state index contributed by atoms with van der Waals surface area (Å²) < 4.78 is 5.75. The van der Waals surface area contributed by atoms with Crippen LogP contribution in [0.25, 0.3) is 10.9 Å². The van der Waals surface area contributed by atoms with E-state index in [9.17, 15) is 14.9 Å².